The van der Waals surface area contributed by atoms with Gasteiger partial charge in [-0.05, 0) is 24.6 Å². The molecular formula is C22H25FN6O3. The summed E-state index contributed by atoms with van der Waals surface area (Å²) in [6, 6.07) is 4.03. The molecule has 1 N–H and O–H groups in total. The molecule has 3 amide bonds. The molecular weight excluding hydrogens is 415 g/mol. The van der Waals surface area contributed by atoms with E-state index < -0.39 is 17.8 Å². The van der Waals surface area contributed by atoms with Gasteiger partial charge < -0.3 is 9.80 Å². The van der Waals surface area contributed by atoms with Crippen molar-refractivity contribution >= 4 is 23.4 Å². The van der Waals surface area contributed by atoms with Crippen molar-refractivity contribution in [1.82, 2.24) is 24.9 Å². The van der Waals surface area contributed by atoms with E-state index in [-0.39, 0.29) is 31.2 Å². The molecule has 2 saturated heterocycles. The van der Waals surface area contributed by atoms with E-state index >= 15 is 0 Å². The first-order valence-electron chi connectivity index (χ1n) is 10.8. The first-order valence-corrected chi connectivity index (χ1v) is 10.8. The van der Waals surface area contributed by atoms with Gasteiger partial charge in [0.1, 0.15) is 11.9 Å². The van der Waals surface area contributed by atoms with E-state index in [1.54, 1.807) is 4.68 Å². The summed E-state index contributed by atoms with van der Waals surface area (Å²) >= 11 is 0. The van der Waals surface area contributed by atoms with Crippen molar-refractivity contribution in [3.8, 4) is 0 Å². The van der Waals surface area contributed by atoms with E-state index in [1.165, 1.54) is 17.0 Å². The fraction of sp³-hybridized carbons (Fsp3) is 0.455. The van der Waals surface area contributed by atoms with Crippen LogP contribution >= 0.6 is 0 Å². The summed E-state index contributed by atoms with van der Waals surface area (Å²) in [5, 5.41) is 6.73. The zero-order chi connectivity index (χ0) is 22.4. The number of carbonyl (C=O) groups is 3. The molecule has 2 aromatic rings. The number of rotatable bonds is 4. The lowest BCUT2D eigenvalue weighted by Gasteiger charge is -2.36. The molecule has 1 unspecified atom stereocenters. The van der Waals surface area contributed by atoms with Gasteiger partial charge >= 0.3 is 0 Å². The van der Waals surface area contributed by atoms with Gasteiger partial charge in [0.15, 0.2) is 0 Å². The molecule has 9 nitrogen and oxygen atoms in total. The Morgan fingerprint density at radius 2 is 1.94 bits per heavy atom. The number of aryl methyl sites for hydroxylation is 1. The van der Waals surface area contributed by atoms with Gasteiger partial charge in [0.05, 0.1) is 5.69 Å². The lowest BCUT2D eigenvalue weighted by molar-refractivity contribution is -0.136. The number of halogens is 1. The number of nitrogens with zero attached hydrogens (tertiary/aromatic N) is 5. The highest BCUT2D eigenvalue weighted by atomic mass is 19.1. The monoisotopic (exact) mass is 440 g/mol. The van der Waals surface area contributed by atoms with Crippen LogP contribution in [0.3, 0.4) is 0 Å². The number of nitrogens with one attached hydrogen (secondary N) is 1. The lowest BCUT2D eigenvalue weighted by atomic mass is 10.0. The summed E-state index contributed by atoms with van der Waals surface area (Å²) in [6.45, 7) is 4.01. The fourth-order valence-corrected chi connectivity index (χ4v) is 4.81. The molecule has 0 radical (unpaired) electrons. The summed E-state index contributed by atoms with van der Waals surface area (Å²) in [5.74, 6) is -1.62. The van der Waals surface area contributed by atoms with Crippen LogP contribution in [0, 0.1) is 5.82 Å². The SMILES string of the molecule is Cn1ccc(CN2CCN(c3cc(F)cc4c3CN(C3CCC(=O)NC3=O)C4=O)CC2)n1. The third-order valence-corrected chi connectivity index (χ3v) is 6.46. The number of imide groups is 1. The maximum absolute atomic E-state index is 14.5. The Morgan fingerprint density at radius 3 is 2.62 bits per heavy atom. The molecule has 1 aromatic heterocycles. The quantitative estimate of drug-likeness (QED) is 0.702. The molecule has 4 heterocycles. The Morgan fingerprint density at radius 1 is 1.16 bits per heavy atom. The molecule has 32 heavy (non-hydrogen) atoms. The van der Waals surface area contributed by atoms with Crippen LogP contribution in [0.2, 0.25) is 0 Å². The predicted molar refractivity (Wildman–Crippen MR) is 113 cm³/mol. The van der Waals surface area contributed by atoms with Crippen LogP contribution in [0.1, 0.15) is 34.5 Å². The van der Waals surface area contributed by atoms with E-state index in [2.05, 4.69) is 20.2 Å². The second kappa shape index (κ2) is 8.01. The predicted octanol–water partition coefficient (Wildman–Crippen LogP) is 0.642. The van der Waals surface area contributed by atoms with Gasteiger partial charge in [0, 0.05) is 75.7 Å². The van der Waals surface area contributed by atoms with Crippen LogP contribution in [0.5, 0.6) is 0 Å². The number of hydrogen-bond donors (Lipinski definition) is 1. The van der Waals surface area contributed by atoms with Crippen molar-refractivity contribution in [2.75, 3.05) is 31.1 Å². The number of anilines is 1. The van der Waals surface area contributed by atoms with Crippen molar-refractivity contribution in [3.63, 3.8) is 0 Å². The fourth-order valence-electron chi connectivity index (χ4n) is 4.81. The van der Waals surface area contributed by atoms with Gasteiger partial charge in [-0.2, -0.15) is 5.10 Å². The zero-order valence-electron chi connectivity index (χ0n) is 17.9. The maximum Gasteiger partial charge on any atom is 0.255 e. The lowest BCUT2D eigenvalue weighted by Crippen LogP contribution is -2.52. The van der Waals surface area contributed by atoms with Crippen LogP contribution in [-0.2, 0) is 29.7 Å². The summed E-state index contributed by atoms with van der Waals surface area (Å²) in [5.41, 5.74) is 2.78. The third-order valence-electron chi connectivity index (χ3n) is 6.46. The minimum Gasteiger partial charge on any atom is -0.369 e. The van der Waals surface area contributed by atoms with Crippen LogP contribution in [0.25, 0.3) is 0 Å². The number of aromatic nitrogens is 2. The zero-order valence-corrected chi connectivity index (χ0v) is 17.9. The standard InChI is InChI=1S/C22H25FN6O3/c1-26-5-4-15(25-26)12-27-6-8-28(9-7-27)19-11-14(23)10-16-17(19)13-29(22(16)32)18-2-3-20(30)24-21(18)31/h4-5,10-11,18H,2-3,6-9,12-13H2,1H3,(H,24,30,31). The van der Waals surface area contributed by atoms with Crippen molar-refractivity contribution in [2.24, 2.45) is 7.05 Å². The molecule has 0 aliphatic carbocycles. The van der Waals surface area contributed by atoms with E-state index in [9.17, 15) is 18.8 Å². The van der Waals surface area contributed by atoms with Crippen molar-refractivity contribution in [2.45, 2.75) is 32.0 Å². The van der Waals surface area contributed by atoms with Gasteiger partial charge in [-0.3, -0.25) is 29.3 Å². The van der Waals surface area contributed by atoms with E-state index in [0.29, 0.717) is 24.3 Å². The molecule has 168 valence electrons. The Balaban J connectivity index is 1.32. The van der Waals surface area contributed by atoms with Crippen LogP contribution < -0.4 is 10.2 Å². The van der Waals surface area contributed by atoms with E-state index in [0.717, 1.165) is 30.9 Å². The number of carbonyl (C=O) groups excluding carboxylic acids is 3. The highest BCUT2D eigenvalue weighted by Crippen LogP contribution is 2.35. The minimum absolute atomic E-state index is 0.190. The van der Waals surface area contributed by atoms with Crippen molar-refractivity contribution in [3.05, 3.63) is 47.0 Å². The average Bonchev–Trinajstić information content (AvgIpc) is 3.31. The Bertz CT molecular complexity index is 1090. The number of piperidine rings is 1. The molecule has 0 bridgehead atoms. The number of hydrogen-bond acceptors (Lipinski definition) is 6. The first-order chi connectivity index (χ1) is 15.4. The van der Waals surface area contributed by atoms with Crippen molar-refractivity contribution < 1.29 is 18.8 Å². The number of amides is 3. The molecule has 0 saturated carbocycles. The summed E-state index contributed by atoms with van der Waals surface area (Å²) in [4.78, 5) is 42.7. The Labute approximate surface area is 184 Å². The molecule has 3 aliphatic rings. The van der Waals surface area contributed by atoms with Crippen LogP contribution in [0.15, 0.2) is 24.4 Å². The molecule has 10 heteroatoms. The van der Waals surface area contributed by atoms with Gasteiger partial charge in [-0.1, -0.05) is 0 Å². The number of fused-ring (bicyclic) bond motifs is 1. The number of piperazine rings is 1. The summed E-state index contributed by atoms with van der Waals surface area (Å²) < 4.78 is 16.3. The van der Waals surface area contributed by atoms with Gasteiger partial charge in [-0.25, -0.2) is 4.39 Å². The second-order valence-electron chi connectivity index (χ2n) is 8.59. The molecule has 2 fully saturated rings. The molecule has 3 aliphatic heterocycles. The maximum atomic E-state index is 14.5. The molecule has 5 rings (SSSR count). The first kappa shape index (κ1) is 20.6. The summed E-state index contributed by atoms with van der Waals surface area (Å²) in [6.07, 6.45) is 2.40. The average molecular weight is 440 g/mol. The number of benzene rings is 1. The second-order valence-corrected chi connectivity index (χ2v) is 8.59. The van der Waals surface area contributed by atoms with Crippen LogP contribution in [0.4, 0.5) is 10.1 Å². The minimum atomic E-state index is -0.710. The van der Waals surface area contributed by atoms with E-state index in [1.807, 2.05) is 19.3 Å². The smallest absolute Gasteiger partial charge is 0.255 e. The highest BCUT2D eigenvalue weighted by Gasteiger charge is 2.41. The third kappa shape index (κ3) is 3.75. The van der Waals surface area contributed by atoms with Gasteiger partial charge in [0.2, 0.25) is 11.8 Å². The van der Waals surface area contributed by atoms with Gasteiger partial charge in [-0.15, -0.1) is 0 Å². The van der Waals surface area contributed by atoms with E-state index in [4.69, 9.17) is 0 Å². The molecule has 0 spiro atoms. The topological polar surface area (TPSA) is 90.8 Å². The Kier molecular flexibility index (Phi) is 5.16. The van der Waals surface area contributed by atoms with Gasteiger partial charge in [0.25, 0.3) is 5.91 Å². The molecule has 1 aromatic carbocycles. The Hall–Kier alpha value is -3.27. The molecule has 1 atom stereocenters. The highest BCUT2D eigenvalue weighted by molar-refractivity contribution is 6.06. The largest absolute Gasteiger partial charge is 0.369 e. The van der Waals surface area contributed by atoms with Crippen molar-refractivity contribution in [1.29, 1.82) is 0 Å². The normalized spacial score (nSPS) is 21.8. The summed E-state index contributed by atoms with van der Waals surface area (Å²) in [7, 11) is 1.89. The van der Waals surface area contributed by atoms with Crippen LogP contribution in [-0.4, -0.2) is 69.5 Å².